The first-order valence-electron chi connectivity index (χ1n) is 38.0. The molecule has 6 N–H and O–H groups in total. The fourth-order valence-electron chi connectivity index (χ4n) is 9.75. The highest BCUT2D eigenvalue weighted by Crippen LogP contribution is 2.35. The van der Waals surface area contributed by atoms with Crippen molar-refractivity contribution in [1.29, 1.82) is 0 Å². The Morgan fingerprint density at radius 3 is 1.05 bits per heavy atom. The lowest BCUT2D eigenvalue weighted by molar-refractivity contribution is -0.858. The summed E-state index contributed by atoms with van der Waals surface area (Å²) in [6, 6.07) is 37.1. The number of likely N-dealkylation sites (N-methyl/N-ethyl adjacent to an activating group) is 2. The number of carbonyl (C=O) groups excluding carboxylic acids is 2. The third kappa shape index (κ3) is 63.2. The average molecular weight is 1920 g/mol. The van der Waals surface area contributed by atoms with Crippen LogP contribution in [0, 0.1) is 11.8 Å². The second-order valence-corrected chi connectivity index (χ2v) is 48.5. The molecule has 33 heteroatoms. The van der Waals surface area contributed by atoms with Crippen LogP contribution in [0.15, 0.2) is 128 Å². The molecular weight excluding hydrogens is 1750 g/mol. The SMILES string of the molecule is C.C.C.C.C.C.C.C.C=Cc1ccc(CSc2nnc(SCc3ccc(C(C)CC)cc3)s2)cc1.C=Cc1ccc(CSc2nnc(SCc3ccc(C(C)CSCCC[Si](C)(OC)O[Si](C)(CCCSC)OC)cc3)s2)cc1.CCC(C)C(=O)NC(C)(C)CS(=O)(=O)[O-].CCC(C)C(=O)NC(C)(C)CS(=O)(=O)[O-].C[NH+](C)CCO.C[NH+](C)CCO. The number of carbonyl (C=O) groups is 2. The normalized spacial score (nSPS) is 12.8. The van der Waals surface area contributed by atoms with Gasteiger partial charge in [0, 0.05) is 60.1 Å². The number of nitrogens with zero attached hydrogens (tertiary/aromatic N) is 4. The summed E-state index contributed by atoms with van der Waals surface area (Å²) in [5.41, 5.74) is 8.30. The predicted octanol–water partition coefficient (Wildman–Crippen LogP) is 19.8. The minimum Gasteiger partial charge on any atom is -0.748 e. The molecule has 21 nitrogen and oxygen atoms in total. The van der Waals surface area contributed by atoms with Gasteiger partial charge < -0.3 is 52.7 Å². The Kier molecular flexibility index (Phi) is 78.5. The van der Waals surface area contributed by atoms with E-state index in [-0.39, 0.29) is 83.1 Å². The van der Waals surface area contributed by atoms with Gasteiger partial charge in [0.1, 0.15) is 13.1 Å². The molecule has 6 atom stereocenters. The van der Waals surface area contributed by atoms with Crippen molar-refractivity contribution in [2.45, 2.75) is 256 Å². The highest BCUT2D eigenvalue weighted by molar-refractivity contribution is 8.03. The summed E-state index contributed by atoms with van der Waals surface area (Å²) in [6.07, 6.45) is 10.7. The topological polar surface area (TPSA) is 301 Å². The lowest BCUT2D eigenvalue weighted by atomic mass is 9.98. The van der Waals surface area contributed by atoms with Crippen molar-refractivity contribution in [1.82, 2.24) is 31.0 Å². The molecule has 2 aromatic heterocycles. The van der Waals surface area contributed by atoms with Crippen molar-refractivity contribution in [2.24, 2.45) is 11.8 Å². The van der Waals surface area contributed by atoms with Gasteiger partial charge in [0.05, 0.1) is 73.1 Å². The van der Waals surface area contributed by atoms with Crippen LogP contribution in [-0.2, 0) is 65.8 Å². The van der Waals surface area contributed by atoms with Gasteiger partial charge in [-0.05, 0) is 165 Å². The Bertz CT molecular complexity index is 3760. The van der Waals surface area contributed by atoms with E-state index in [9.17, 15) is 35.5 Å². The molecule has 0 aliphatic heterocycles. The zero-order valence-corrected chi connectivity index (χ0v) is 80.7. The van der Waals surface area contributed by atoms with Crippen LogP contribution in [0.4, 0.5) is 0 Å². The molecule has 2 heterocycles. The molecule has 0 bridgehead atoms. The average Bonchev–Trinajstić information content (AvgIpc) is 1.82. The van der Waals surface area contributed by atoms with E-state index < -0.39 is 59.9 Å². The lowest BCUT2D eigenvalue weighted by Crippen LogP contribution is -3.06. The molecule has 0 saturated heterocycles. The van der Waals surface area contributed by atoms with Gasteiger partial charge in [0.15, 0.2) is 17.4 Å². The van der Waals surface area contributed by atoms with Gasteiger partial charge >= 0.3 is 17.1 Å². The number of thioether (sulfide) groups is 6. The van der Waals surface area contributed by atoms with E-state index >= 15 is 0 Å². The summed E-state index contributed by atoms with van der Waals surface area (Å²) in [5, 5.41) is 39.0. The van der Waals surface area contributed by atoms with E-state index in [2.05, 4.69) is 181 Å². The van der Waals surface area contributed by atoms with Crippen LogP contribution in [0.25, 0.3) is 12.2 Å². The van der Waals surface area contributed by atoms with E-state index in [1.165, 1.54) is 77.3 Å². The van der Waals surface area contributed by atoms with Gasteiger partial charge in [0.25, 0.3) is 0 Å². The number of aromatic nitrogens is 4. The van der Waals surface area contributed by atoms with Crippen molar-refractivity contribution >= 4 is 155 Å². The molecule has 0 radical (unpaired) electrons. The second kappa shape index (κ2) is 71.4. The monoisotopic (exact) mass is 1920 g/mol. The Hall–Kier alpha value is -3.51. The third-order valence-corrected chi connectivity index (χ3v) is 35.8. The molecule has 0 fully saturated rings. The number of amides is 2. The van der Waals surface area contributed by atoms with Gasteiger partial charge in [-0.15, -0.1) is 20.4 Å². The van der Waals surface area contributed by atoms with Crippen molar-refractivity contribution in [3.8, 4) is 0 Å². The van der Waals surface area contributed by atoms with E-state index in [1.54, 1.807) is 90.7 Å². The molecule has 0 spiro atoms. The number of aliphatic hydroxyl groups excluding tert-OH is 2. The minimum atomic E-state index is -4.32. The van der Waals surface area contributed by atoms with Gasteiger partial charge in [-0.3, -0.25) is 9.59 Å². The third-order valence-electron chi connectivity index (χ3n) is 17.3. The first-order valence-corrected chi connectivity index (χ1v) is 54.4. The van der Waals surface area contributed by atoms with Crippen molar-refractivity contribution < 1.29 is 68.5 Å². The van der Waals surface area contributed by atoms with Gasteiger partial charge in [-0.25, -0.2) is 16.8 Å². The van der Waals surface area contributed by atoms with Crippen molar-refractivity contribution in [3.05, 3.63) is 155 Å². The zero-order valence-electron chi connectivity index (χ0n) is 70.5. The Labute approximate surface area is 774 Å². The quantitative estimate of drug-likeness (QED) is 0.00896. The fourth-order valence-corrected chi connectivity index (χ4v) is 26.7. The number of hydrogen-bond acceptors (Lipinski definition) is 25. The first-order chi connectivity index (χ1) is 53.1. The summed E-state index contributed by atoms with van der Waals surface area (Å²) in [7, 11) is -1.42. The number of benzene rings is 4. The molecule has 4 aromatic carbocycles. The van der Waals surface area contributed by atoms with Gasteiger partial charge in [-0.1, -0.05) is 300 Å². The molecule has 121 heavy (non-hydrogen) atoms. The Morgan fingerprint density at radius 2 is 0.810 bits per heavy atom. The van der Waals surface area contributed by atoms with Crippen LogP contribution in [0.1, 0.15) is 224 Å². The summed E-state index contributed by atoms with van der Waals surface area (Å²) < 4.78 is 86.0. The summed E-state index contributed by atoms with van der Waals surface area (Å²) in [5.74, 6) is 6.15. The van der Waals surface area contributed by atoms with E-state index in [0.717, 1.165) is 107 Å². The maximum Gasteiger partial charge on any atom is 0.325 e. The van der Waals surface area contributed by atoms with Crippen molar-refractivity contribution in [2.75, 3.05) is 104 Å². The van der Waals surface area contributed by atoms with E-state index in [4.69, 9.17) is 23.2 Å². The molecule has 0 aliphatic rings. The summed E-state index contributed by atoms with van der Waals surface area (Å²) in [6.45, 7) is 34.4. The molecule has 6 rings (SSSR count). The van der Waals surface area contributed by atoms with Gasteiger partial charge in [-0.2, -0.15) is 23.5 Å². The van der Waals surface area contributed by atoms with Crippen LogP contribution in [0.5, 0.6) is 0 Å². The number of aliphatic hydroxyl groups is 2. The predicted molar refractivity (Wildman–Crippen MR) is 540 cm³/mol. The molecule has 0 saturated carbocycles. The standard InChI is InChI=1S/C32H48N2O3S5Si2.C22H24N2S3.2C9H19NO4S.2C4H11NO.8CH4/c1-8-27-11-13-28(14-12-27)24-40-31-33-34-32(42-31)41-25-29-15-17-30(18-16-29)26(2)23-39-20-10-22-44(7,36-4)37-43(6,35-3)21-9-19-38-5;1-4-16(3)20-12-10-19(11-13-20)15-26-22-24-23-21(27-22)25-14-18-8-6-17(5-2)7-9-18;2*1-5-7(2)8(11)10-9(3,4)6-15(12,13)14;2*1-5(2)3-4-6;;;;;;;;/h8,11-18,26H,1,9-10,19-25H2,2-7H3;5-13,16H,2,4,14-15H2,1,3H3;2*7H,5-6H2,1-4H3,(H,10,11)(H,12,13,14);2*6H,3-4H2,1-2H3;8*1H4. The number of rotatable bonds is 45. The smallest absolute Gasteiger partial charge is 0.325 e. The fraction of sp³-hybridized carbons (Fsp3) is 0.614. The Morgan fingerprint density at radius 1 is 0.521 bits per heavy atom. The molecule has 0 aliphatic carbocycles. The van der Waals surface area contributed by atoms with E-state index in [0.29, 0.717) is 37.9 Å². The highest BCUT2D eigenvalue weighted by atomic mass is 32.2. The number of hydrogen-bond donors (Lipinski definition) is 6. The lowest BCUT2D eigenvalue weighted by Gasteiger charge is -2.35. The molecule has 6 unspecified atom stereocenters. The maximum atomic E-state index is 11.5. The molecule has 702 valence electrons. The van der Waals surface area contributed by atoms with Crippen LogP contribution < -0.4 is 20.4 Å². The largest absolute Gasteiger partial charge is 0.748 e. The second-order valence-electron chi connectivity index (χ2n) is 29.6. The Balaban J connectivity index is -0.000000237. The maximum absolute atomic E-state index is 11.5. The highest BCUT2D eigenvalue weighted by Gasteiger charge is 2.41. The number of nitrogens with one attached hydrogen (secondary N) is 4. The first kappa shape index (κ1) is 133. The minimum absolute atomic E-state index is 0. The summed E-state index contributed by atoms with van der Waals surface area (Å²) in [4.78, 5) is 25.5. The molecular formula is C88H164N8O13S10Si2. The molecule has 6 aromatic rings. The molecule has 2 amide bonds. The summed E-state index contributed by atoms with van der Waals surface area (Å²) >= 11 is 14.3. The van der Waals surface area contributed by atoms with Crippen LogP contribution >= 0.6 is 93.2 Å². The van der Waals surface area contributed by atoms with Gasteiger partial charge in [0.2, 0.25) is 11.8 Å². The van der Waals surface area contributed by atoms with Crippen LogP contribution in [0.3, 0.4) is 0 Å². The van der Waals surface area contributed by atoms with Crippen LogP contribution in [0.2, 0.25) is 25.2 Å². The zero-order chi connectivity index (χ0) is 85.4. The van der Waals surface area contributed by atoms with Crippen LogP contribution in [-0.4, -0.2) is 200 Å². The van der Waals surface area contributed by atoms with E-state index in [1.807, 2.05) is 84.8 Å². The van der Waals surface area contributed by atoms with Crippen molar-refractivity contribution in [3.63, 3.8) is 0 Å². The number of quaternary nitrogens is 2.